The van der Waals surface area contributed by atoms with Gasteiger partial charge in [-0.05, 0) is 23.6 Å². The highest BCUT2D eigenvalue weighted by Gasteiger charge is 2.03. The average Bonchev–Trinajstić information content (AvgIpc) is 2.46. The Morgan fingerprint density at radius 1 is 1.20 bits per heavy atom. The van der Waals surface area contributed by atoms with E-state index in [1.165, 1.54) is 5.56 Å². The smallest absolute Gasteiger partial charge is 0.147 e. The van der Waals surface area contributed by atoms with Crippen LogP contribution in [0.3, 0.4) is 0 Å². The van der Waals surface area contributed by atoms with E-state index in [0.717, 1.165) is 12.0 Å². The maximum atomic E-state index is 11.1. The summed E-state index contributed by atoms with van der Waals surface area (Å²) < 4.78 is 15.0. The van der Waals surface area contributed by atoms with Crippen molar-refractivity contribution in [2.75, 3.05) is 0 Å². The van der Waals surface area contributed by atoms with Crippen LogP contribution in [0.25, 0.3) is 0 Å². The van der Waals surface area contributed by atoms with Crippen molar-refractivity contribution in [1.29, 1.82) is 0 Å². The molecule has 0 aliphatic carbocycles. The lowest BCUT2D eigenvalue weighted by molar-refractivity contribution is 0.605. The van der Waals surface area contributed by atoms with E-state index < -0.39 is 11.4 Å². The topological polar surface area (TPSA) is 35.4 Å². The Hall–Kier alpha value is -1.32. The van der Waals surface area contributed by atoms with Gasteiger partial charge in [0.25, 0.3) is 0 Å². The highest BCUT2D eigenvalue weighted by atomic mass is 32.2. The number of nitrogens with zero attached hydrogens (tertiary/aromatic N) is 1. The molecule has 0 aromatic heterocycles. The lowest BCUT2D eigenvalue weighted by Gasteiger charge is -1.99. The zero-order valence-electron chi connectivity index (χ0n) is 8.17. The summed E-state index contributed by atoms with van der Waals surface area (Å²) in [4.78, 5) is 0. The molecule has 3 heteroatoms. The van der Waals surface area contributed by atoms with Crippen LogP contribution >= 0.6 is 0 Å². The van der Waals surface area contributed by atoms with E-state index in [4.69, 9.17) is 0 Å². The fraction of sp³-hybridized carbons (Fsp3) is 0.0833. The van der Waals surface area contributed by atoms with Gasteiger partial charge < -0.3 is 4.55 Å². The normalized spacial score (nSPS) is 19.8. The first-order chi connectivity index (χ1) is 7.34. The minimum Gasteiger partial charge on any atom is -0.587 e. The first-order valence-electron chi connectivity index (χ1n) is 4.70. The summed E-state index contributed by atoms with van der Waals surface area (Å²) in [6, 6.07) is 10.2. The van der Waals surface area contributed by atoms with E-state index >= 15 is 0 Å². The van der Waals surface area contributed by atoms with Gasteiger partial charge in [-0.25, -0.2) is 0 Å². The molecule has 2 nitrogen and oxygen atoms in total. The fourth-order valence-corrected chi connectivity index (χ4v) is 1.89. The number of allylic oxidation sites excluding steroid dienone is 3. The van der Waals surface area contributed by atoms with Crippen molar-refractivity contribution in [3.8, 4) is 0 Å². The molecule has 1 aliphatic heterocycles. The molecule has 1 atom stereocenters. The lowest BCUT2D eigenvalue weighted by atomic mass is 10.1. The van der Waals surface area contributed by atoms with Gasteiger partial charge in [0.2, 0.25) is 0 Å². The van der Waals surface area contributed by atoms with E-state index in [9.17, 15) is 4.55 Å². The van der Waals surface area contributed by atoms with E-state index in [-0.39, 0.29) is 0 Å². The summed E-state index contributed by atoms with van der Waals surface area (Å²) in [6.45, 7) is 0. The van der Waals surface area contributed by atoms with Crippen LogP contribution in [0.2, 0.25) is 0 Å². The number of benzene rings is 1. The number of hydrogen-bond acceptors (Lipinski definition) is 2. The standard InChI is InChI=1S/C12H11NOS/c14-15-8-4-7-12(10-13-15)9-11-5-2-1-3-6-11/h1-8,10H,9H2. The van der Waals surface area contributed by atoms with Gasteiger partial charge in [0.15, 0.2) is 0 Å². The molecule has 0 bridgehead atoms. The molecule has 0 saturated carbocycles. The summed E-state index contributed by atoms with van der Waals surface area (Å²) in [5, 5.41) is 1.58. The zero-order valence-corrected chi connectivity index (χ0v) is 8.98. The summed E-state index contributed by atoms with van der Waals surface area (Å²) in [7, 11) is 0. The highest BCUT2D eigenvalue weighted by molar-refractivity contribution is 7.93. The first kappa shape index (κ1) is 10.2. The second kappa shape index (κ2) is 4.96. The molecule has 0 radical (unpaired) electrons. The predicted octanol–water partition coefficient (Wildman–Crippen LogP) is 2.42. The Bertz CT molecular complexity index is 409. The molecule has 0 saturated heterocycles. The first-order valence-corrected chi connectivity index (χ1v) is 5.87. The zero-order chi connectivity index (χ0) is 10.5. The third-order valence-corrected chi connectivity index (χ3v) is 2.78. The molecule has 0 amide bonds. The predicted molar refractivity (Wildman–Crippen MR) is 64.0 cm³/mol. The second-order valence-electron chi connectivity index (χ2n) is 3.24. The minimum absolute atomic E-state index is 0.825. The van der Waals surface area contributed by atoms with Crippen molar-refractivity contribution >= 4 is 17.6 Å². The van der Waals surface area contributed by atoms with E-state index in [2.05, 4.69) is 16.5 Å². The molecule has 0 N–H and O–H groups in total. The van der Waals surface area contributed by atoms with Gasteiger partial charge in [-0.3, -0.25) is 0 Å². The molecule has 1 unspecified atom stereocenters. The SMILES string of the molecule is [O-][S+]1C=CC=C(Cc2ccccc2)C=N1. The van der Waals surface area contributed by atoms with Gasteiger partial charge in [-0.15, -0.1) is 0 Å². The molecule has 1 aliphatic rings. The van der Waals surface area contributed by atoms with Gasteiger partial charge in [0.05, 0.1) is 6.21 Å². The van der Waals surface area contributed by atoms with Crippen molar-refractivity contribution in [2.45, 2.75) is 6.42 Å². The van der Waals surface area contributed by atoms with Gasteiger partial charge in [0.1, 0.15) is 16.8 Å². The maximum Gasteiger partial charge on any atom is 0.147 e. The molecule has 2 rings (SSSR count). The molecule has 0 spiro atoms. The Labute approximate surface area is 92.4 Å². The van der Waals surface area contributed by atoms with Crippen molar-refractivity contribution in [3.05, 3.63) is 59.0 Å². The second-order valence-corrected chi connectivity index (χ2v) is 4.28. The van der Waals surface area contributed by atoms with Crippen LogP contribution in [0, 0.1) is 0 Å². The summed E-state index contributed by atoms with van der Waals surface area (Å²) in [5.74, 6) is 0. The fourth-order valence-electron chi connectivity index (χ4n) is 1.36. The molecule has 1 aromatic carbocycles. The van der Waals surface area contributed by atoms with E-state index in [1.54, 1.807) is 17.7 Å². The van der Waals surface area contributed by atoms with Crippen molar-refractivity contribution in [2.24, 2.45) is 4.40 Å². The average molecular weight is 217 g/mol. The third-order valence-electron chi connectivity index (χ3n) is 2.08. The van der Waals surface area contributed by atoms with Gasteiger partial charge >= 0.3 is 0 Å². The lowest BCUT2D eigenvalue weighted by Crippen LogP contribution is -1.93. The number of rotatable bonds is 2. The van der Waals surface area contributed by atoms with Gasteiger partial charge in [-0.1, -0.05) is 40.8 Å². The Morgan fingerprint density at radius 2 is 2.00 bits per heavy atom. The summed E-state index contributed by atoms with van der Waals surface area (Å²) in [5.41, 5.74) is 2.31. The van der Waals surface area contributed by atoms with Crippen LogP contribution in [0.15, 0.2) is 57.9 Å². The largest absolute Gasteiger partial charge is 0.587 e. The van der Waals surface area contributed by atoms with Crippen LogP contribution in [0.4, 0.5) is 0 Å². The highest BCUT2D eigenvalue weighted by Crippen LogP contribution is 2.10. The Kier molecular flexibility index (Phi) is 3.37. The molecule has 15 heavy (non-hydrogen) atoms. The summed E-state index contributed by atoms with van der Waals surface area (Å²) in [6.07, 6.45) is 6.25. The monoisotopic (exact) mass is 217 g/mol. The molecule has 1 heterocycles. The van der Waals surface area contributed by atoms with Crippen molar-refractivity contribution in [1.82, 2.24) is 0 Å². The van der Waals surface area contributed by atoms with Crippen molar-refractivity contribution < 1.29 is 4.55 Å². The quantitative estimate of drug-likeness (QED) is 0.701. The van der Waals surface area contributed by atoms with Gasteiger partial charge in [0, 0.05) is 0 Å². The molecular formula is C12H11NOS. The molecule has 76 valence electrons. The van der Waals surface area contributed by atoms with Crippen molar-refractivity contribution in [3.63, 3.8) is 0 Å². The van der Waals surface area contributed by atoms with Crippen LogP contribution in [-0.2, 0) is 17.8 Å². The number of hydrogen-bond donors (Lipinski definition) is 0. The molecule has 0 fully saturated rings. The third kappa shape index (κ3) is 3.08. The maximum absolute atomic E-state index is 11.1. The van der Waals surface area contributed by atoms with Crippen LogP contribution in [0.5, 0.6) is 0 Å². The van der Waals surface area contributed by atoms with Crippen LogP contribution < -0.4 is 0 Å². The van der Waals surface area contributed by atoms with E-state index in [1.807, 2.05) is 24.3 Å². The summed E-state index contributed by atoms with van der Waals surface area (Å²) >= 11 is -1.20. The minimum atomic E-state index is -1.20. The molecular weight excluding hydrogens is 206 g/mol. The van der Waals surface area contributed by atoms with Crippen LogP contribution in [-0.4, -0.2) is 10.8 Å². The van der Waals surface area contributed by atoms with Gasteiger partial charge in [-0.2, -0.15) is 0 Å². The van der Waals surface area contributed by atoms with E-state index in [0.29, 0.717) is 0 Å². The molecule has 1 aromatic rings. The Balaban J connectivity index is 2.10. The Morgan fingerprint density at radius 3 is 2.80 bits per heavy atom. The van der Waals surface area contributed by atoms with Crippen LogP contribution in [0.1, 0.15) is 5.56 Å².